The topological polar surface area (TPSA) is 44.8 Å². The molecule has 0 aliphatic rings. The molecule has 1 atom stereocenters. The highest BCUT2D eigenvalue weighted by molar-refractivity contribution is 5.59. The predicted molar refractivity (Wildman–Crippen MR) is 44.1 cm³/mol. The van der Waals surface area contributed by atoms with E-state index in [4.69, 9.17) is 9.47 Å². The van der Waals surface area contributed by atoms with Crippen LogP contribution in [0.4, 0.5) is 4.79 Å². The molecule has 0 aliphatic carbocycles. The summed E-state index contributed by atoms with van der Waals surface area (Å²) in [7, 11) is 1.28. The van der Waals surface area contributed by atoms with Crippen LogP contribution in [0, 0.1) is 0 Å². The van der Waals surface area contributed by atoms with Gasteiger partial charge in [-0.25, -0.2) is 4.79 Å². The van der Waals surface area contributed by atoms with E-state index in [1.165, 1.54) is 7.11 Å². The zero-order valence-electron chi connectivity index (χ0n) is 7.83. The Morgan fingerprint density at radius 3 is 2.50 bits per heavy atom. The van der Waals surface area contributed by atoms with Crippen molar-refractivity contribution in [2.45, 2.75) is 26.4 Å². The van der Waals surface area contributed by atoms with Crippen molar-refractivity contribution in [3.8, 4) is 0 Å². The summed E-state index contributed by atoms with van der Waals surface area (Å²) in [6, 6.07) is 0. The molecular formula is C8H16O4. The average molecular weight is 176 g/mol. The molecule has 0 amide bonds. The van der Waals surface area contributed by atoms with Crippen LogP contribution >= 0.6 is 0 Å². The highest BCUT2D eigenvalue weighted by Gasteiger charge is 2.08. The summed E-state index contributed by atoms with van der Waals surface area (Å²) >= 11 is 0. The van der Waals surface area contributed by atoms with Gasteiger partial charge in [0, 0.05) is 6.61 Å². The quantitative estimate of drug-likeness (QED) is 0.596. The summed E-state index contributed by atoms with van der Waals surface area (Å²) in [5, 5.41) is 0. The van der Waals surface area contributed by atoms with Crippen LogP contribution in [0.1, 0.15) is 20.3 Å². The Labute approximate surface area is 72.8 Å². The number of hydrogen-bond acceptors (Lipinski definition) is 4. The molecule has 12 heavy (non-hydrogen) atoms. The SMILES string of the molecule is CCOC(CC)COC(=O)OC. The van der Waals surface area contributed by atoms with E-state index < -0.39 is 6.16 Å². The van der Waals surface area contributed by atoms with Crippen LogP contribution in [-0.2, 0) is 14.2 Å². The fourth-order valence-electron chi connectivity index (χ4n) is 0.739. The van der Waals surface area contributed by atoms with Gasteiger partial charge in [0.15, 0.2) is 0 Å². The lowest BCUT2D eigenvalue weighted by molar-refractivity contribution is -0.00859. The highest BCUT2D eigenvalue weighted by atomic mass is 16.7. The molecular weight excluding hydrogens is 160 g/mol. The molecule has 0 aliphatic heterocycles. The first-order chi connectivity index (χ1) is 5.74. The van der Waals surface area contributed by atoms with Crippen LogP contribution in [0.3, 0.4) is 0 Å². The van der Waals surface area contributed by atoms with Crippen LogP contribution in [0.5, 0.6) is 0 Å². The second kappa shape index (κ2) is 6.91. The van der Waals surface area contributed by atoms with Gasteiger partial charge in [-0.2, -0.15) is 0 Å². The Kier molecular flexibility index (Phi) is 6.47. The molecule has 0 fully saturated rings. The molecule has 0 aromatic rings. The van der Waals surface area contributed by atoms with Crippen molar-refractivity contribution >= 4 is 6.16 Å². The van der Waals surface area contributed by atoms with Gasteiger partial charge < -0.3 is 14.2 Å². The minimum atomic E-state index is -0.659. The van der Waals surface area contributed by atoms with Crippen molar-refractivity contribution in [1.82, 2.24) is 0 Å². The van der Waals surface area contributed by atoms with E-state index in [9.17, 15) is 4.79 Å². The van der Waals surface area contributed by atoms with Crippen molar-refractivity contribution in [3.05, 3.63) is 0 Å². The number of ether oxygens (including phenoxy) is 3. The molecule has 0 radical (unpaired) electrons. The predicted octanol–water partition coefficient (Wildman–Crippen LogP) is 1.58. The van der Waals surface area contributed by atoms with Gasteiger partial charge in [-0.3, -0.25) is 0 Å². The summed E-state index contributed by atoms with van der Waals surface area (Å²) in [5.74, 6) is 0. The van der Waals surface area contributed by atoms with Crippen LogP contribution in [-0.4, -0.2) is 32.6 Å². The van der Waals surface area contributed by atoms with Crippen molar-refractivity contribution in [1.29, 1.82) is 0 Å². The zero-order valence-corrected chi connectivity index (χ0v) is 7.83. The fraction of sp³-hybridized carbons (Fsp3) is 0.875. The van der Waals surface area contributed by atoms with Crippen molar-refractivity contribution in [2.24, 2.45) is 0 Å². The third-order valence-corrected chi connectivity index (χ3v) is 1.41. The minimum absolute atomic E-state index is 0.0194. The largest absolute Gasteiger partial charge is 0.508 e. The Balaban J connectivity index is 3.50. The van der Waals surface area contributed by atoms with Gasteiger partial charge in [-0.1, -0.05) is 6.92 Å². The maximum atomic E-state index is 10.5. The van der Waals surface area contributed by atoms with E-state index in [-0.39, 0.29) is 12.7 Å². The summed E-state index contributed by atoms with van der Waals surface area (Å²) in [6.07, 6.45) is 0.146. The average Bonchev–Trinajstić information content (AvgIpc) is 2.11. The highest BCUT2D eigenvalue weighted by Crippen LogP contribution is 1.99. The van der Waals surface area contributed by atoms with Gasteiger partial charge in [0.1, 0.15) is 6.61 Å². The van der Waals surface area contributed by atoms with Gasteiger partial charge in [-0.15, -0.1) is 0 Å². The van der Waals surface area contributed by atoms with Gasteiger partial charge in [0.05, 0.1) is 13.2 Å². The van der Waals surface area contributed by atoms with Crippen molar-refractivity contribution in [3.63, 3.8) is 0 Å². The fourth-order valence-corrected chi connectivity index (χ4v) is 0.739. The number of hydrogen-bond donors (Lipinski definition) is 0. The van der Waals surface area contributed by atoms with Crippen molar-refractivity contribution < 1.29 is 19.0 Å². The minimum Gasteiger partial charge on any atom is -0.438 e. The monoisotopic (exact) mass is 176 g/mol. The first-order valence-electron chi connectivity index (χ1n) is 4.06. The van der Waals surface area contributed by atoms with Crippen LogP contribution < -0.4 is 0 Å². The van der Waals surface area contributed by atoms with Crippen LogP contribution in [0.15, 0.2) is 0 Å². The van der Waals surface area contributed by atoms with E-state index >= 15 is 0 Å². The molecule has 4 nitrogen and oxygen atoms in total. The van der Waals surface area contributed by atoms with E-state index in [1.54, 1.807) is 0 Å². The molecule has 0 aromatic carbocycles. The van der Waals surface area contributed by atoms with Gasteiger partial charge in [-0.05, 0) is 13.3 Å². The van der Waals surface area contributed by atoms with E-state index in [0.29, 0.717) is 6.61 Å². The molecule has 0 saturated heterocycles. The van der Waals surface area contributed by atoms with Crippen molar-refractivity contribution in [2.75, 3.05) is 20.3 Å². The summed E-state index contributed by atoms with van der Waals surface area (Å²) in [4.78, 5) is 10.5. The molecule has 0 N–H and O–H groups in total. The van der Waals surface area contributed by atoms with Crippen LogP contribution in [0.2, 0.25) is 0 Å². The Morgan fingerprint density at radius 1 is 1.42 bits per heavy atom. The second-order valence-corrected chi connectivity index (χ2v) is 2.25. The number of rotatable bonds is 5. The molecule has 4 heteroatoms. The maximum Gasteiger partial charge on any atom is 0.508 e. The standard InChI is InChI=1S/C8H16O4/c1-4-7(11-5-2)6-12-8(9)10-3/h7H,4-6H2,1-3H3. The number of carbonyl (C=O) groups excluding carboxylic acids is 1. The summed E-state index contributed by atoms with van der Waals surface area (Å²) in [5.41, 5.74) is 0. The molecule has 0 saturated carbocycles. The lowest BCUT2D eigenvalue weighted by atomic mass is 10.3. The van der Waals surface area contributed by atoms with Gasteiger partial charge in [0.25, 0.3) is 0 Å². The molecule has 0 aromatic heterocycles. The molecule has 1 unspecified atom stereocenters. The first kappa shape index (κ1) is 11.2. The first-order valence-corrected chi connectivity index (χ1v) is 4.06. The molecule has 0 rings (SSSR count). The Morgan fingerprint density at radius 2 is 2.08 bits per heavy atom. The zero-order chi connectivity index (χ0) is 9.40. The van der Waals surface area contributed by atoms with E-state index in [0.717, 1.165) is 6.42 Å². The number of methoxy groups -OCH3 is 1. The summed E-state index contributed by atoms with van der Waals surface area (Å²) in [6.45, 7) is 4.77. The Bertz CT molecular complexity index is 124. The third-order valence-electron chi connectivity index (χ3n) is 1.41. The Hall–Kier alpha value is -0.770. The normalized spacial score (nSPS) is 12.2. The lowest BCUT2D eigenvalue weighted by Gasteiger charge is -2.13. The molecule has 72 valence electrons. The molecule has 0 spiro atoms. The molecule has 0 bridgehead atoms. The van der Waals surface area contributed by atoms with Gasteiger partial charge in [0.2, 0.25) is 0 Å². The second-order valence-electron chi connectivity index (χ2n) is 2.25. The van der Waals surface area contributed by atoms with E-state index in [2.05, 4.69) is 4.74 Å². The van der Waals surface area contributed by atoms with Crippen LogP contribution in [0.25, 0.3) is 0 Å². The maximum absolute atomic E-state index is 10.5. The summed E-state index contributed by atoms with van der Waals surface area (Å²) < 4.78 is 14.3. The lowest BCUT2D eigenvalue weighted by Crippen LogP contribution is -2.21. The third kappa shape index (κ3) is 4.96. The van der Waals surface area contributed by atoms with E-state index in [1.807, 2.05) is 13.8 Å². The number of carbonyl (C=O) groups is 1. The molecule has 0 heterocycles. The van der Waals surface area contributed by atoms with Gasteiger partial charge >= 0.3 is 6.16 Å². The smallest absolute Gasteiger partial charge is 0.438 e.